The standard InChI is InChI=1S/C11H14N4O3/c12-7-1-2-13-10-9(7)14-5-15(10)11-8(17)3-6(4-16)18-11/h1-2,5-6,8,11,16-17H,3-4H2,(H2,12,13)/t6-,8+,11-/m0/s1. The van der Waals surface area contributed by atoms with Crippen molar-refractivity contribution in [1.82, 2.24) is 14.5 Å². The van der Waals surface area contributed by atoms with Crippen LogP contribution in [0.1, 0.15) is 12.6 Å². The quantitative estimate of drug-likeness (QED) is 0.673. The highest BCUT2D eigenvalue weighted by Gasteiger charge is 2.35. The van der Waals surface area contributed by atoms with E-state index in [4.69, 9.17) is 15.6 Å². The van der Waals surface area contributed by atoms with Crippen LogP contribution in [0.4, 0.5) is 5.69 Å². The van der Waals surface area contributed by atoms with E-state index in [0.29, 0.717) is 23.3 Å². The summed E-state index contributed by atoms with van der Waals surface area (Å²) in [6, 6.07) is 1.67. The van der Waals surface area contributed by atoms with E-state index < -0.39 is 12.3 Å². The molecule has 18 heavy (non-hydrogen) atoms. The number of nitrogens with zero attached hydrogens (tertiary/aromatic N) is 3. The number of imidazole rings is 1. The number of hydrogen-bond acceptors (Lipinski definition) is 6. The normalized spacial score (nSPS) is 28.0. The van der Waals surface area contributed by atoms with Gasteiger partial charge < -0.3 is 20.7 Å². The summed E-state index contributed by atoms with van der Waals surface area (Å²) in [5.74, 6) is 0. The van der Waals surface area contributed by atoms with E-state index in [2.05, 4.69) is 9.97 Å². The van der Waals surface area contributed by atoms with E-state index in [-0.39, 0.29) is 12.7 Å². The van der Waals surface area contributed by atoms with Gasteiger partial charge in [-0.05, 0) is 6.07 Å². The molecule has 0 spiro atoms. The molecule has 2 aromatic heterocycles. The monoisotopic (exact) mass is 250 g/mol. The van der Waals surface area contributed by atoms with Gasteiger partial charge in [-0.25, -0.2) is 9.97 Å². The van der Waals surface area contributed by atoms with Gasteiger partial charge in [0.05, 0.1) is 24.7 Å². The number of nitrogens with two attached hydrogens (primary N) is 1. The third-order valence-corrected chi connectivity index (χ3v) is 3.14. The molecule has 3 heterocycles. The Morgan fingerprint density at radius 1 is 1.50 bits per heavy atom. The maximum Gasteiger partial charge on any atom is 0.164 e. The second kappa shape index (κ2) is 4.20. The zero-order valence-corrected chi connectivity index (χ0v) is 9.60. The van der Waals surface area contributed by atoms with Crippen LogP contribution in [0.3, 0.4) is 0 Å². The summed E-state index contributed by atoms with van der Waals surface area (Å²) in [6.45, 7) is -0.115. The van der Waals surface area contributed by atoms with E-state index >= 15 is 0 Å². The van der Waals surface area contributed by atoms with Crippen LogP contribution in [0.25, 0.3) is 11.2 Å². The van der Waals surface area contributed by atoms with Crippen LogP contribution in [-0.4, -0.2) is 43.6 Å². The number of aliphatic hydroxyl groups excluding tert-OH is 2. The number of ether oxygens (including phenoxy) is 1. The minimum absolute atomic E-state index is 0.115. The van der Waals surface area contributed by atoms with Crippen molar-refractivity contribution in [3.63, 3.8) is 0 Å². The molecule has 0 radical (unpaired) electrons. The summed E-state index contributed by atoms with van der Waals surface area (Å²) in [5.41, 5.74) is 7.48. The Kier molecular flexibility index (Phi) is 2.66. The van der Waals surface area contributed by atoms with Gasteiger partial charge in [-0.3, -0.25) is 4.57 Å². The van der Waals surface area contributed by atoms with Crippen molar-refractivity contribution in [2.24, 2.45) is 0 Å². The summed E-state index contributed by atoms with van der Waals surface area (Å²) in [6.07, 6.45) is 1.89. The summed E-state index contributed by atoms with van der Waals surface area (Å²) in [7, 11) is 0. The van der Waals surface area contributed by atoms with Crippen molar-refractivity contribution in [3.05, 3.63) is 18.6 Å². The molecule has 1 aliphatic heterocycles. The van der Waals surface area contributed by atoms with Crippen LogP contribution in [0.15, 0.2) is 18.6 Å². The molecule has 0 amide bonds. The first-order valence-corrected chi connectivity index (χ1v) is 5.72. The van der Waals surface area contributed by atoms with E-state index in [0.717, 1.165) is 0 Å². The Hall–Kier alpha value is -1.70. The third-order valence-electron chi connectivity index (χ3n) is 3.14. The lowest BCUT2D eigenvalue weighted by molar-refractivity contribution is -0.0486. The maximum atomic E-state index is 9.95. The molecule has 1 fully saturated rings. The molecular weight excluding hydrogens is 236 g/mol. The Bertz CT molecular complexity index is 570. The number of aromatic nitrogens is 3. The molecule has 7 nitrogen and oxygen atoms in total. The molecule has 96 valence electrons. The fourth-order valence-electron chi connectivity index (χ4n) is 2.24. The molecule has 0 aliphatic carbocycles. The van der Waals surface area contributed by atoms with Crippen molar-refractivity contribution in [2.75, 3.05) is 12.3 Å². The molecule has 3 atom stereocenters. The molecule has 0 aromatic carbocycles. The van der Waals surface area contributed by atoms with Crippen molar-refractivity contribution in [1.29, 1.82) is 0 Å². The highest BCUT2D eigenvalue weighted by atomic mass is 16.5. The molecular formula is C11H14N4O3. The van der Waals surface area contributed by atoms with Crippen LogP contribution >= 0.6 is 0 Å². The number of anilines is 1. The topological polar surface area (TPSA) is 106 Å². The Morgan fingerprint density at radius 3 is 3.06 bits per heavy atom. The second-order valence-electron chi connectivity index (χ2n) is 4.36. The minimum atomic E-state index is -0.692. The fraction of sp³-hybridized carbons (Fsp3) is 0.455. The molecule has 0 bridgehead atoms. The summed E-state index contributed by atoms with van der Waals surface area (Å²) < 4.78 is 7.20. The first kappa shape index (κ1) is 11.4. The van der Waals surface area contributed by atoms with Gasteiger partial charge in [0.25, 0.3) is 0 Å². The smallest absolute Gasteiger partial charge is 0.164 e. The molecule has 1 aliphatic rings. The average molecular weight is 250 g/mol. The van der Waals surface area contributed by atoms with Gasteiger partial charge in [0.15, 0.2) is 11.9 Å². The number of pyridine rings is 1. The first-order valence-electron chi connectivity index (χ1n) is 5.72. The molecule has 3 rings (SSSR count). The highest BCUT2D eigenvalue weighted by Crippen LogP contribution is 2.31. The molecule has 1 saturated heterocycles. The maximum absolute atomic E-state index is 9.95. The zero-order chi connectivity index (χ0) is 12.7. The predicted molar refractivity (Wildman–Crippen MR) is 63.6 cm³/mol. The van der Waals surface area contributed by atoms with Crippen molar-refractivity contribution in [3.8, 4) is 0 Å². The second-order valence-corrected chi connectivity index (χ2v) is 4.36. The van der Waals surface area contributed by atoms with E-state index in [9.17, 15) is 5.11 Å². The van der Waals surface area contributed by atoms with Gasteiger partial charge in [0.1, 0.15) is 11.6 Å². The third kappa shape index (κ3) is 1.64. The fourth-order valence-corrected chi connectivity index (χ4v) is 2.24. The molecule has 4 N–H and O–H groups in total. The van der Waals surface area contributed by atoms with Crippen LogP contribution in [0.2, 0.25) is 0 Å². The van der Waals surface area contributed by atoms with Gasteiger partial charge >= 0.3 is 0 Å². The average Bonchev–Trinajstić information content (AvgIpc) is 2.93. The van der Waals surface area contributed by atoms with Gasteiger partial charge in [-0.15, -0.1) is 0 Å². The van der Waals surface area contributed by atoms with Crippen LogP contribution in [0.5, 0.6) is 0 Å². The lowest BCUT2D eigenvalue weighted by Crippen LogP contribution is -2.19. The van der Waals surface area contributed by atoms with Crippen molar-refractivity contribution >= 4 is 16.9 Å². The van der Waals surface area contributed by atoms with Crippen LogP contribution < -0.4 is 5.73 Å². The molecule has 0 unspecified atom stereocenters. The lowest BCUT2D eigenvalue weighted by Gasteiger charge is -2.16. The van der Waals surface area contributed by atoms with Gasteiger partial charge in [-0.1, -0.05) is 0 Å². The highest BCUT2D eigenvalue weighted by molar-refractivity contribution is 5.83. The largest absolute Gasteiger partial charge is 0.397 e. The first-order chi connectivity index (χ1) is 8.70. The number of nitrogen functional groups attached to an aromatic ring is 1. The molecule has 2 aromatic rings. The van der Waals surface area contributed by atoms with E-state index in [1.165, 1.54) is 0 Å². The molecule has 0 saturated carbocycles. The SMILES string of the molecule is Nc1ccnc2c1ncn2[C@H]1O[C@H](CO)C[C@H]1O. The number of hydrogen-bond donors (Lipinski definition) is 3. The Morgan fingerprint density at radius 2 is 2.33 bits per heavy atom. The predicted octanol–water partition coefficient (Wildman–Crippen LogP) is -0.346. The van der Waals surface area contributed by atoms with Crippen LogP contribution in [0, 0.1) is 0 Å². The van der Waals surface area contributed by atoms with E-state index in [1.807, 2.05) is 0 Å². The van der Waals surface area contributed by atoms with E-state index in [1.54, 1.807) is 23.2 Å². The summed E-state index contributed by atoms with van der Waals surface area (Å²) >= 11 is 0. The number of fused-ring (bicyclic) bond motifs is 1. The van der Waals surface area contributed by atoms with Crippen molar-refractivity contribution in [2.45, 2.75) is 24.9 Å². The Balaban J connectivity index is 2.02. The van der Waals surface area contributed by atoms with Crippen molar-refractivity contribution < 1.29 is 14.9 Å². The number of rotatable bonds is 2. The minimum Gasteiger partial charge on any atom is -0.397 e. The summed E-state index contributed by atoms with van der Waals surface area (Å²) in [5, 5.41) is 19.0. The van der Waals surface area contributed by atoms with Crippen LogP contribution in [-0.2, 0) is 4.74 Å². The molecule has 7 heteroatoms. The lowest BCUT2D eigenvalue weighted by atomic mass is 10.2. The summed E-state index contributed by atoms with van der Waals surface area (Å²) in [4.78, 5) is 8.37. The van der Waals surface area contributed by atoms with Gasteiger partial charge in [-0.2, -0.15) is 0 Å². The zero-order valence-electron chi connectivity index (χ0n) is 9.60. The Labute approximate surface area is 103 Å². The van der Waals surface area contributed by atoms with Gasteiger partial charge in [0.2, 0.25) is 0 Å². The van der Waals surface area contributed by atoms with Gasteiger partial charge in [0, 0.05) is 12.6 Å². The number of aliphatic hydroxyl groups is 2.